The fourth-order valence-electron chi connectivity index (χ4n) is 3.70. The standard InChI is InChI=1S/C19H25FN2O3/c1-25-17-7-9-21(10-8-17)19(24)15-5-6-18(23)22(13-15)12-14-3-2-4-16(20)11-14/h2-4,11,15,17H,5-10,12-13H2,1H3/t15-/m0/s1. The predicted octanol–water partition coefficient (Wildman–Crippen LogP) is 2.20. The first kappa shape index (κ1) is 17.9. The Kier molecular flexibility index (Phi) is 5.68. The van der Waals surface area contributed by atoms with Gasteiger partial charge in [0.1, 0.15) is 5.82 Å². The van der Waals surface area contributed by atoms with Gasteiger partial charge in [-0.2, -0.15) is 0 Å². The SMILES string of the molecule is COC1CCN(C(=O)[C@H]2CCC(=O)N(Cc3cccc(F)c3)C2)CC1. The number of carbonyl (C=O) groups excluding carboxylic acids is 2. The van der Waals surface area contributed by atoms with E-state index in [1.54, 1.807) is 24.1 Å². The molecule has 3 rings (SSSR count). The van der Waals surface area contributed by atoms with Gasteiger partial charge in [-0.15, -0.1) is 0 Å². The number of hydrogen-bond donors (Lipinski definition) is 0. The van der Waals surface area contributed by atoms with E-state index < -0.39 is 0 Å². The van der Waals surface area contributed by atoms with Crippen molar-refractivity contribution in [3.05, 3.63) is 35.6 Å². The highest BCUT2D eigenvalue weighted by Gasteiger charge is 2.34. The van der Waals surface area contributed by atoms with E-state index in [0.717, 1.165) is 18.4 Å². The number of nitrogens with zero attached hydrogens (tertiary/aromatic N) is 2. The van der Waals surface area contributed by atoms with E-state index in [1.807, 2.05) is 4.90 Å². The normalized spacial score (nSPS) is 22.3. The van der Waals surface area contributed by atoms with Crippen LogP contribution in [0, 0.1) is 11.7 Å². The number of carbonyl (C=O) groups is 2. The van der Waals surface area contributed by atoms with Gasteiger partial charge in [-0.05, 0) is 37.0 Å². The fourth-order valence-corrected chi connectivity index (χ4v) is 3.70. The van der Waals surface area contributed by atoms with Gasteiger partial charge in [0.05, 0.1) is 12.0 Å². The number of likely N-dealkylation sites (tertiary alicyclic amines) is 2. The van der Waals surface area contributed by atoms with Gasteiger partial charge in [0.15, 0.2) is 0 Å². The average Bonchev–Trinajstić information content (AvgIpc) is 2.63. The Morgan fingerprint density at radius 3 is 2.72 bits per heavy atom. The molecular weight excluding hydrogens is 323 g/mol. The van der Waals surface area contributed by atoms with Crippen molar-refractivity contribution < 1.29 is 18.7 Å². The first-order valence-electron chi connectivity index (χ1n) is 8.90. The molecule has 2 aliphatic rings. The molecule has 1 aromatic rings. The molecule has 0 bridgehead atoms. The summed E-state index contributed by atoms with van der Waals surface area (Å²) in [6.45, 7) is 2.20. The van der Waals surface area contributed by atoms with Crippen molar-refractivity contribution in [2.45, 2.75) is 38.3 Å². The van der Waals surface area contributed by atoms with Gasteiger partial charge >= 0.3 is 0 Å². The van der Waals surface area contributed by atoms with E-state index >= 15 is 0 Å². The number of ether oxygens (including phenoxy) is 1. The largest absolute Gasteiger partial charge is 0.381 e. The lowest BCUT2D eigenvalue weighted by Crippen LogP contribution is -2.49. The molecule has 0 radical (unpaired) electrons. The molecule has 0 aliphatic carbocycles. The summed E-state index contributed by atoms with van der Waals surface area (Å²) in [6.07, 6.45) is 2.94. The highest BCUT2D eigenvalue weighted by Crippen LogP contribution is 2.24. The maximum absolute atomic E-state index is 13.4. The van der Waals surface area contributed by atoms with Crippen LogP contribution < -0.4 is 0 Å². The van der Waals surface area contributed by atoms with Crippen molar-refractivity contribution in [3.63, 3.8) is 0 Å². The molecule has 1 atom stereocenters. The maximum Gasteiger partial charge on any atom is 0.227 e. The molecule has 2 fully saturated rings. The quantitative estimate of drug-likeness (QED) is 0.838. The van der Waals surface area contributed by atoms with Crippen LogP contribution in [-0.4, -0.2) is 54.5 Å². The summed E-state index contributed by atoms with van der Waals surface area (Å²) < 4.78 is 18.7. The van der Waals surface area contributed by atoms with Gasteiger partial charge < -0.3 is 14.5 Å². The highest BCUT2D eigenvalue weighted by molar-refractivity contribution is 5.84. The van der Waals surface area contributed by atoms with Crippen LogP contribution in [0.4, 0.5) is 4.39 Å². The Bertz CT molecular complexity index is 629. The van der Waals surface area contributed by atoms with Crippen LogP contribution in [0.2, 0.25) is 0 Å². The lowest BCUT2D eigenvalue weighted by molar-refractivity contribution is -0.145. The second kappa shape index (κ2) is 7.95. The third kappa shape index (κ3) is 4.37. The average molecular weight is 348 g/mol. The van der Waals surface area contributed by atoms with Gasteiger partial charge in [-0.1, -0.05) is 12.1 Å². The first-order valence-corrected chi connectivity index (χ1v) is 8.90. The van der Waals surface area contributed by atoms with Crippen molar-refractivity contribution >= 4 is 11.8 Å². The predicted molar refractivity (Wildman–Crippen MR) is 91.2 cm³/mol. The maximum atomic E-state index is 13.4. The van der Waals surface area contributed by atoms with Gasteiger partial charge in [0.25, 0.3) is 0 Å². The Morgan fingerprint density at radius 2 is 2.04 bits per heavy atom. The van der Waals surface area contributed by atoms with Crippen molar-refractivity contribution in [3.8, 4) is 0 Å². The highest BCUT2D eigenvalue weighted by atomic mass is 19.1. The van der Waals surface area contributed by atoms with E-state index in [-0.39, 0.29) is 29.7 Å². The zero-order chi connectivity index (χ0) is 17.8. The first-order chi connectivity index (χ1) is 12.1. The summed E-state index contributed by atoms with van der Waals surface area (Å²) in [4.78, 5) is 28.6. The van der Waals surface area contributed by atoms with Crippen molar-refractivity contribution in [1.82, 2.24) is 9.80 Å². The molecule has 5 nitrogen and oxygen atoms in total. The van der Waals surface area contributed by atoms with E-state index in [1.165, 1.54) is 12.1 Å². The van der Waals surface area contributed by atoms with Crippen LogP contribution >= 0.6 is 0 Å². The van der Waals surface area contributed by atoms with Crippen LogP contribution in [0.15, 0.2) is 24.3 Å². The van der Waals surface area contributed by atoms with Crippen LogP contribution in [0.3, 0.4) is 0 Å². The zero-order valence-corrected chi connectivity index (χ0v) is 14.6. The molecular formula is C19H25FN2O3. The third-order valence-electron chi connectivity index (χ3n) is 5.20. The lowest BCUT2D eigenvalue weighted by atomic mass is 9.94. The van der Waals surface area contributed by atoms with Gasteiger partial charge in [-0.3, -0.25) is 9.59 Å². The zero-order valence-electron chi connectivity index (χ0n) is 14.6. The molecule has 2 aliphatic heterocycles. The molecule has 1 aromatic carbocycles. The van der Waals surface area contributed by atoms with Gasteiger partial charge in [0, 0.05) is 39.7 Å². The van der Waals surface area contributed by atoms with Crippen LogP contribution in [-0.2, 0) is 20.9 Å². The molecule has 2 saturated heterocycles. The van der Waals surface area contributed by atoms with Gasteiger partial charge in [0.2, 0.25) is 11.8 Å². The number of methoxy groups -OCH3 is 1. The number of hydrogen-bond acceptors (Lipinski definition) is 3. The third-order valence-corrected chi connectivity index (χ3v) is 5.20. The molecule has 25 heavy (non-hydrogen) atoms. The van der Waals surface area contributed by atoms with Crippen LogP contribution in [0.25, 0.3) is 0 Å². The summed E-state index contributed by atoms with van der Waals surface area (Å²) in [7, 11) is 1.71. The Hall–Kier alpha value is -1.95. The Labute approximate surface area is 147 Å². The van der Waals surface area contributed by atoms with Gasteiger partial charge in [-0.25, -0.2) is 4.39 Å². The number of benzene rings is 1. The summed E-state index contributed by atoms with van der Waals surface area (Å²) in [5.74, 6) is -0.307. The topological polar surface area (TPSA) is 49.9 Å². The molecule has 0 unspecified atom stereocenters. The summed E-state index contributed by atoms with van der Waals surface area (Å²) in [5.41, 5.74) is 0.752. The fraction of sp³-hybridized carbons (Fsp3) is 0.579. The second-order valence-corrected chi connectivity index (χ2v) is 6.90. The monoisotopic (exact) mass is 348 g/mol. The minimum absolute atomic E-state index is 0.0337. The molecule has 0 aromatic heterocycles. The summed E-state index contributed by atoms with van der Waals surface area (Å²) in [5, 5.41) is 0. The molecule has 0 spiro atoms. The summed E-state index contributed by atoms with van der Waals surface area (Å²) in [6, 6.07) is 6.27. The smallest absolute Gasteiger partial charge is 0.227 e. The van der Waals surface area contributed by atoms with E-state index in [0.29, 0.717) is 39.0 Å². The molecule has 0 N–H and O–H groups in total. The van der Waals surface area contributed by atoms with E-state index in [9.17, 15) is 14.0 Å². The minimum Gasteiger partial charge on any atom is -0.381 e. The van der Waals surface area contributed by atoms with Crippen LogP contribution in [0.5, 0.6) is 0 Å². The minimum atomic E-state index is -0.310. The number of rotatable bonds is 4. The molecule has 2 heterocycles. The number of amides is 2. The van der Waals surface area contributed by atoms with Crippen LogP contribution in [0.1, 0.15) is 31.2 Å². The van der Waals surface area contributed by atoms with Crippen molar-refractivity contribution in [2.24, 2.45) is 5.92 Å². The summed E-state index contributed by atoms with van der Waals surface area (Å²) >= 11 is 0. The Morgan fingerprint density at radius 1 is 1.28 bits per heavy atom. The van der Waals surface area contributed by atoms with Crippen molar-refractivity contribution in [1.29, 1.82) is 0 Å². The lowest BCUT2D eigenvalue weighted by Gasteiger charge is -2.37. The van der Waals surface area contributed by atoms with E-state index in [2.05, 4.69) is 0 Å². The van der Waals surface area contributed by atoms with E-state index in [4.69, 9.17) is 4.74 Å². The molecule has 0 saturated carbocycles. The number of halogens is 1. The molecule has 6 heteroatoms. The molecule has 136 valence electrons. The number of piperidine rings is 2. The van der Waals surface area contributed by atoms with Crippen molar-refractivity contribution in [2.75, 3.05) is 26.7 Å². The molecule has 2 amide bonds. The second-order valence-electron chi connectivity index (χ2n) is 6.90. The Balaban J connectivity index is 1.60.